The third-order valence-electron chi connectivity index (χ3n) is 4.04. The smallest absolute Gasteiger partial charge is 0.129 e. The molecule has 2 N–H and O–H groups in total. The molecular formula is C16H26BrFN2. The fourth-order valence-corrected chi connectivity index (χ4v) is 2.93. The van der Waals surface area contributed by atoms with Crippen molar-refractivity contribution >= 4 is 15.9 Å². The summed E-state index contributed by atoms with van der Waals surface area (Å²) in [6.45, 7) is 8.82. The number of nitrogens with zero attached hydrogens (tertiary/aromatic N) is 1. The van der Waals surface area contributed by atoms with Crippen molar-refractivity contribution in [1.29, 1.82) is 0 Å². The third-order valence-corrected chi connectivity index (χ3v) is 4.53. The number of hydrogen-bond donors (Lipinski definition) is 1. The highest BCUT2D eigenvalue weighted by Crippen LogP contribution is 2.26. The number of rotatable bonds is 8. The Hall–Kier alpha value is -0.450. The second kappa shape index (κ2) is 8.75. The van der Waals surface area contributed by atoms with E-state index in [9.17, 15) is 4.39 Å². The molecule has 114 valence electrons. The molecule has 4 heteroatoms. The molecule has 0 radical (unpaired) electrons. The molecule has 1 unspecified atom stereocenters. The van der Waals surface area contributed by atoms with Crippen molar-refractivity contribution in [1.82, 2.24) is 4.90 Å². The molecule has 0 aromatic heterocycles. The second-order valence-electron chi connectivity index (χ2n) is 5.19. The molecule has 2 nitrogen and oxygen atoms in total. The first-order chi connectivity index (χ1) is 9.57. The Morgan fingerprint density at radius 2 is 1.90 bits per heavy atom. The zero-order chi connectivity index (χ0) is 15.1. The highest BCUT2D eigenvalue weighted by Gasteiger charge is 2.22. The molecule has 1 atom stereocenters. The number of likely N-dealkylation sites (N-methyl/N-ethyl adjacent to an activating group) is 1. The van der Waals surface area contributed by atoms with E-state index in [1.165, 1.54) is 6.07 Å². The van der Waals surface area contributed by atoms with Gasteiger partial charge in [0.15, 0.2) is 0 Å². The highest BCUT2D eigenvalue weighted by atomic mass is 79.9. The molecule has 1 aromatic carbocycles. The maximum absolute atomic E-state index is 14.2. The molecule has 0 heterocycles. The van der Waals surface area contributed by atoms with Gasteiger partial charge in [-0.05, 0) is 24.6 Å². The van der Waals surface area contributed by atoms with E-state index in [1.54, 1.807) is 0 Å². The van der Waals surface area contributed by atoms with Crippen molar-refractivity contribution in [2.24, 2.45) is 11.7 Å². The summed E-state index contributed by atoms with van der Waals surface area (Å²) in [4.78, 5) is 2.30. The third kappa shape index (κ3) is 4.54. The standard InChI is InChI=1S/C16H26BrFN2/c1-4-12(5-2)11-20(6-3)16(10-19)14-8-7-13(17)9-15(14)18/h7-9,12,16H,4-6,10-11,19H2,1-3H3. The molecule has 0 aliphatic rings. The van der Waals surface area contributed by atoms with Gasteiger partial charge in [-0.15, -0.1) is 0 Å². The molecular weight excluding hydrogens is 319 g/mol. The second-order valence-corrected chi connectivity index (χ2v) is 6.10. The minimum absolute atomic E-state index is 0.0475. The molecule has 1 aromatic rings. The minimum Gasteiger partial charge on any atom is -0.329 e. The van der Waals surface area contributed by atoms with Gasteiger partial charge in [0.1, 0.15) is 5.82 Å². The summed E-state index contributed by atoms with van der Waals surface area (Å²) in [5.74, 6) is 0.459. The summed E-state index contributed by atoms with van der Waals surface area (Å²) in [7, 11) is 0. The lowest BCUT2D eigenvalue weighted by molar-refractivity contribution is 0.171. The van der Waals surface area contributed by atoms with Gasteiger partial charge in [-0.3, -0.25) is 4.90 Å². The van der Waals surface area contributed by atoms with E-state index in [0.717, 1.165) is 30.4 Å². The molecule has 1 rings (SSSR count). The van der Waals surface area contributed by atoms with Crippen LogP contribution in [0.5, 0.6) is 0 Å². The quantitative estimate of drug-likeness (QED) is 0.759. The average molecular weight is 345 g/mol. The number of benzene rings is 1. The van der Waals surface area contributed by atoms with Crippen LogP contribution in [0.15, 0.2) is 22.7 Å². The van der Waals surface area contributed by atoms with Gasteiger partial charge in [0.25, 0.3) is 0 Å². The van der Waals surface area contributed by atoms with Crippen molar-refractivity contribution < 1.29 is 4.39 Å². The van der Waals surface area contributed by atoms with Gasteiger partial charge in [-0.1, -0.05) is 55.6 Å². The molecule has 0 aliphatic carbocycles. The Bertz CT molecular complexity index is 407. The normalized spacial score (nSPS) is 13.2. The fraction of sp³-hybridized carbons (Fsp3) is 0.625. The molecule has 0 amide bonds. The maximum atomic E-state index is 14.2. The molecule has 0 saturated heterocycles. The average Bonchev–Trinajstić information content (AvgIpc) is 2.45. The van der Waals surface area contributed by atoms with Gasteiger partial charge >= 0.3 is 0 Å². The van der Waals surface area contributed by atoms with Crippen LogP contribution in [0.3, 0.4) is 0 Å². The predicted molar refractivity (Wildman–Crippen MR) is 87.2 cm³/mol. The summed E-state index contributed by atoms with van der Waals surface area (Å²) in [6.07, 6.45) is 2.29. The summed E-state index contributed by atoms with van der Waals surface area (Å²) in [5.41, 5.74) is 6.62. The van der Waals surface area contributed by atoms with Crippen LogP contribution in [0, 0.1) is 11.7 Å². The molecule has 0 fully saturated rings. The van der Waals surface area contributed by atoms with E-state index < -0.39 is 0 Å². The van der Waals surface area contributed by atoms with Crippen LogP contribution in [0.2, 0.25) is 0 Å². The van der Waals surface area contributed by atoms with Crippen molar-refractivity contribution in [2.75, 3.05) is 19.6 Å². The number of hydrogen-bond acceptors (Lipinski definition) is 2. The lowest BCUT2D eigenvalue weighted by Crippen LogP contribution is -2.37. The van der Waals surface area contributed by atoms with Gasteiger partial charge in [-0.25, -0.2) is 4.39 Å². The van der Waals surface area contributed by atoms with Crippen LogP contribution in [0.25, 0.3) is 0 Å². The number of nitrogens with two attached hydrogens (primary N) is 1. The topological polar surface area (TPSA) is 29.3 Å². The van der Waals surface area contributed by atoms with Crippen LogP contribution in [0.1, 0.15) is 45.2 Å². The lowest BCUT2D eigenvalue weighted by Gasteiger charge is -2.33. The Morgan fingerprint density at radius 3 is 2.35 bits per heavy atom. The molecule has 0 saturated carbocycles. The molecule has 0 spiro atoms. The fourth-order valence-electron chi connectivity index (χ4n) is 2.60. The van der Waals surface area contributed by atoms with Crippen LogP contribution in [-0.2, 0) is 0 Å². The van der Waals surface area contributed by atoms with E-state index in [1.807, 2.05) is 12.1 Å². The van der Waals surface area contributed by atoms with Gasteiger partial charge in [0.05, 0.1) is 0 Å². The van der Waals surface area contributed by atoms with Crippen LogP contribution < -0.4 is 5.73 Å². The Kier molecular flexibility index (Phi) is 7.70. The summed E-state index contributed by atoms with van der Waals surface area (Å²) < 4.78 is 14.9. The van der Waals surface area contributed by atoms with Crippen molar-refractivity contribution in [2.45, 2.75) is 39.7 Å². The highest BCUT2D eigenvalue weighted by molar-refractivity contribution is 9.10. The molecule has 20 heavy (non-hydrogen) atoms. The minimum atomic E-state index is -0.183. The van der Waals surface area contributed by atoms with Crippen molar-refractivity contribution in [3.05, 3.63) is 34.1 Å². The van der Waals surface area contributed by atoms with Crippen LogP contribution in [0.4, 0.5) is 4.39 Å². The predicted octanol–water partition coefficient (Wildman–Crippen LogP) is 4.35. The van der Waals surface area contributed by atoms with Gasteiger partial charge in [0, 0.05) is 29.2 Å². The Balaban J connectivity index is 2.96. The lowest BCUT2D eigenvalue weighted by atomic mass is 9.99. The SMILES string of the molecule is CCC(CC)CN(CC)C(CN)c1ccc(Br)cc1F. The van der Waals surface area contributed by atoms with Crippen LogP contribution >= 0.6 is 15.9 Å². The van der Waals surface area contributed by atoms with Crippen LogP contribution in [-0.4, -0.2) is 24.5 Å². The maximum Gasteiger partial charge on any atom is 0.129 e. The summed E-state index contributed by atoms with van der Waals surface area (Å²) >= 11 is 3.30. The van der Waals surface area contributed by atoms with E-state index in [-0.39, 0.29) is 11.9 Å². The first kappa shape index (κ1) is 17.6. The van der Waals surface area contributed by atoms with Gasteiger partial charge in [-0.2, -0.15) is 0 Å². The van der Waals surface area contributed by atoms with Gasteiger partial charge < -0.3 is 5.73 Å². The summed E-state index contributed by atoms with van der Waals surface area (Å²) in [5, 5.41) is 0. The zero-order valence-corrected chi connectivity index (χ0v) is 14.3. The van der Waals surface area contributed by atoms with E-state index >= 15 is 0 Å². The largest absolute Gasteiger partial charge is 0.329 e. The van der Waals surface area contributed by atoms with Gasteiger partial charge in [0.2, 0.25) is 0 Å². The van der Waals surface area contributed by atoms with E-state index in [2.05, 4.69) is 41.6 Å². The first-order valence-electron chi connectivity index (χ1n) is 7.46. The Labute approximate surface area is 130 Å². The first-order valence-corrected chi connectivity index (χ1v) is 8.25. The molecule has 0 aliphatic heterocycles. The van der Waals surface area contributed by atoms with E-state index in [0.29, 0.717) is 18.0 Å². The zero-order valence-electron chi connectivity index (χ0n) is 12.7. The van der Waals surface area contributed by atoms with E-state index in [4.69, 9.17) is 5.73 Å². The van der Waals surface area contributed by atoms with Crippen molar-refractivity contribution in [3.8, 4) is 0 Å². The number of halogens is 2. The van der Waals surface area contributed by atoms with Crippen molar-refractivity contribution in [3.63, 3.8) is 0 Å². The molecule has 0 bridgehead atoms. The monoisotopic (exact) mass is 344 g/mol. The summed E-state index contributed by atoms with van der Waals surface area (Å²) in [6, 6.07) is 5.19. The Morgan fingerprint density at radius 1 is 1.25 bits per heavy atom.